The first-order valence-electron chi connectivity index (χ1n) is 3.70. The van der Waals surface area contributed by atoms with E-state index in [2.05, 4.69) is 4.74 Å². The fraction of sp³-hybridized carbons (Fsp3) is 0.250. The van der Waals surface area contributed by atoms with Crippen LogP contribution in [0, 0.1) is 0 Å². The molecule has 3 nitrogen and oxygen atoms in total. The van der Waals surface area contributed by atoms with Crippen molar-refractivity contribution in [3.05, 3.63) is 24.3 Å². The summed E-state index contributed by atoms with van der Waals surface area (Å²) in [5.74, 6) is 0.222. The van der Waals surface area contributed by atoms with Crippen molar-refractivity contribution in [2.45, 2.75) is 11.3 Å². The molecule has 0 amide bonds. The number of alkyl halides is 2. The molecule has 15 heavy (non-hydrogen) atoms. The van der Waals surface area contributed by atoms with Gasteiger partial charge in [0.15, 0.2) is 0 Å². The molecule has 1 rings (SSSR count). The maximum absolute atomic E-state index is 11.7. The predicted octanol–water partition coefficient (Wildman–Crippen LogP) is -1.43. The zero-order chi connectivity index (χ0) is 10.6. The van der Waals surface area contributed by atoms with Crippen LogP contribution in [0.25, 0.3) is 0 Å². The molecular weight excluding hydrogens is 237 g/mol. The van der Waals surface area contributed by atoms with Gasteiger partial charge >= 0.3 is 29.6 Å². The van der Waals surface area contributed by atoms with Gasteiger partial charge in [-0.05, 0) is 35.3 Å². The minimum atomic E-state index is -2.54. The quantitative estimate of drug-likeness (QED) is 0.482. The first-order valence-corrected chi connectivity index (χ1v) is 4.77. The smallest absolute Gasteiger partial charge is 0.768 e. The molecule has 0 aliphatic rings. The van der Waals surface area contributed by atoms with E-state index in [0.717, 1.165) is 0 Å². The Balaban J connectivity index is 0.00000196. The topological polar surface area (TPSA) is 49.4 Å². The second-order valence-electron chi connectivity index (χ2n) is 2.41. The first kappa shape index (κ1) is 15.0. The molecule has 0 fully saturated rings. The minimum absolute atomic E-state index is 0. The van der Waals surface area contributed by atoms with Crippen molar-refractivity contribution < 1.29 is 51.8 Å². The molecule has 0 aromatic heterocycles. The van der Waals surface area contributed by atoms with Crippen LogP contribution in [0.3, 0.4) is 0 Å². The number of benzene rings is 1. The van der Waals surface area contributed by atoms with E-state index in [-0.39, 0.29) is 40.2 Å². The Morgan fingerprint density at radius 1 is 1.33 bits per heavy atom. The molecule has 1 aromatic rings. The fourth-order valence-electron chi connectivity index (χ4n) is 0.806. The van der Waals surface area contributed by atoms with Gasteiger partial charge in [-0.25, -0.2) is 8.78 Å². The summed E-state index contributed by atoms with van der Waals surface area (Å²) in [7, 11) is 0. The summed E-state index contributed by atoms with van der Waals surface area (Å²) in [5, 5.41) is 0. The Hall–Kier alpha value is -0.0100. The molecule has 78 valence electrons. The summed E-state index contributed by atoms with van der Waals surface area (Å²) in [6.45, 7) is -0.695. The molecule has 1 aromatic carbocycles. The second kappa shape index (κ2) is 7.29. The maximum Gasteiger partial charge on any atom is 1.00 e. The monoisotopic (exact) mass is 244 g/mol. The van der Waals surface area contributed by atoms with Crippen molar-refractivity contribution in [1.82, 2.24) is 0 Å². The van der Waals surface area contributed by atoms with Gasteiger partial charge < -0.3 is 9.29 Å². The van der Waals surface area contributed by atoms with Crippen LogP contribution in [0.1, 0.15) is 0 Å². The Kier molecular flexibility index (Phi) is 7.29. The third-order valence-corrected chi connectivity index (χ3v) is 2.05. The molecule has 0 aliphatic carbocycles. The van der Waals surface area contributed by atoms with Crippen LogP contribution in [-0.4, -0.2) is 21.8 Å². The van der Waals surface area contributed by atoms with Crippen LogP contribution in [0.4, 0.5) is 8.78 Å². The van der Waals surface area contributed by atoms with E-state index >= 15 is 0 Å². The van der Waals surface area contributed by atoms with E-state index in [1.807, 2.05) is 0 Å². The fourth-order valence-corrected chi connectivity index (χ4v) is 1.16. The zero-order valence-corrected chi connectivity index (χ0v) is 10.8. The van der Waals surface area contributed by atoms with Gasteiger partial charge in [0.1, 0.15) is 12.4 Å². The van der Waals surface area contributed by atoms with Gasteiger partial charge in [-0.15, -0.1) is 0 Å². The third kappa shape index (κ3) is 5.58. The summed E-state index contributed by atoms with van der Waals surface area (Å²) in [6, 6.07) is 5.22. The van der Waals surface area contributed by atoms with E-state index in [0.29, 0.717) is 0 Å². The van der Waals surface area contributed by atoms with Crippen LogP contribution in [-0.2, 0) is 11.1 Å². The van der Waals surface area contributed by atoms with Crippen LogP contribution in [0.2, 0.25) is 0 Å². The van der Waals surface area contributed by atoms with E-state index in [9.17, 15) is 17.5 Å². The van der Waals surface area contributed by atoms with Crippen molar-refractivity contribution in [3.63, 3.8) is 0 Å². The van der Waals surface area contributed by atoms with Crippen molar-refractivity contribution in [2.75, 3.05) is 6.61 Å². The Bertz CT molecular complexity index is 318. The van der Waals surface area contributed by atoms with Crippen LogP contribution in [0.15, 0.2) is 29.2 Å². The molecule has 0 aliphatic heterocycles. The molecule has 1 unspecified atom stereocenters. The van der Waals surface area contributed by atoms with Crippen LogP contribution < -0.4 is 34.3 Å². The van der Waals surface area contributed by atoms with Gasteiger partial charge in [-0.3, -0.25) is 4.21 Å². The summed E-state index contributed by atoms with van der Waals surface area (Å²) in [5.41, 5.74) is 0. The molecule has 7 heteroatoms. The standard InChI is InChI=1S/C8H8F2O3S.Na/c9-8(10)5-13-6-1-3-7(4-2-6)14(11)12;/h1-4,8H,5H2,(H,11,12);/q;+1/p-1. The molecule has 1 atom stereocenters. The Morgan fingerprint density at radius 3 is 2.27 bits per heavy atom. The van der Waals surface area contributed by atoms with Crippen molar-refractivity contribution >= 4 is 11.1 Å². The zero-order valence-electron chi connectivity index (χ0n) is 7.98. The van der Waals surface area contributed by atoms with E-state index in [1.165, 1.54) is 24.3 Å². The summed E-state index contributed by atoms with van der Waals surface area (Å²) in [4.78, 5) is 0.0920. The molecule has 0 N–H and O–H groups in total. The number of halogens is 2. The second-order valence-corrected chi connectivity index (χ2v) is 3.35. The van der Waals surface area contributed by atoms with E-state index in [4.69, 9.17) is 0 Å². The normalized spacial score (nSPS) is 12.0. The maximum atomic E-state index is 11.7. The first-order chi connectivity index (χ1) is 6.59. The van der Waals surface area contributed by atoms with E-state index < -0.39 is 24.1 Å². The average Bonchev–Trinajstić information content (AvgIpc) is 2.15. The molecule has 0 heterocycles. The van der Waals surface area contributed by atoms with Gasteiger partial charge in [-0.1, -0.05) is 0 Å². The number of ether oxygens (including phenoxy) is 1. The summed E-state index contributed by atoms with van der Waals surface area (Å²) in [6.07, 6.45) is -2.54. The summed E-state index contributed by atoms with van der Waals surface area (Å²) >= 11 is -2.30. The Labute approximate surface area is 110 Å². The van der Waals surface area contributed by atoms with Crippen molar-refractivity contribution in [1.29, 1.82) is 0 Å². The largest absolute Gasteiger partial charge is 1.00 e. The number of hydrogen-bond acceptors (Lipinski definition) is 3. The summed E-state index contributed by atoms with van der Waals surface area (Å²) < 4.78 is 48.9. The molecule has 0 spiro atoms. The molecule has 0 saturated carbocycles. The van der Waals surface area contributed by atoms with Crippen molar-refractivity contribution in [2.24, 2.45) is 0 Å². The number of rotatable bonds is 4. The van der Waals surface area contributed by atoms with Gasteiger partial charge in [-0.2, -0.15) is 0 Å². The molecular formula is C8H7F2NaO3S. The van der Waals surface area contributed by atoms with Gasteiger partial charge in [0.25, 0.3) is 6.43 Å². The average molecular weight is 244 g/mol. The van der Waals surface area contributed by atoms with Crippen LogP contribution in [0.5, 0.6) is 5.75 Å². The van der Waals surface area contributed by atoms with Gasteiger partial charge in [0.05, 0.1) is 0 Å². The van der Waals surface area contributed by atoms with Gasteiger partial charge in [0.2, 0.25) is 0 Å². The van der Waals surface area contributed by atoms with Crippen LogP contribution >= 0.6 is 0 Å². The molecule has 0 radical (unpaired) electrons. The Morgan fingerprint density at radius 2 is 1.87 bits per heavy atom. The molecule has 0 saturated heterocycles. The van der Waals surface area contributed by atoms with Crippen molar-refractivity contribution in [3.8, 4) is 5.75 Å². The SMILES string of the molecule is O=S([O-])c1ccc(OCC(F)F)cc1.[Na+]. The predicted molar refractivity (Wildman–Crippen MR) is 45.1 cm³/mol. The number of hydrogen-bond donors (Lipinski definition) is 0. The molecule has 0 bridgehead atoms. The third-order valence-electron chi connectivity index (χ3n) is 1.39. The van der Waals surface area contributed by atoms with Gasteiger partial charge in [0, 0.05) is 4.90 Å². The minimum Gasteiger partial charge on any atom is -0.768 e. The van der Waals surface area contributed by atoms with E-state index in [1.54, 1.807) is 0 Å².